The predicted molar refractivity (Wildman–Crippen MR) is 59.4 cm³/mol. The number of nitrogens with one attached hydrogen (secondary N) is 1. The van der Waals surface area contributed by atoms with E-state index >= 15 is 0 Å². The van der Waals surface area contributed by atoms with E-state index in [2.05, 4.69) is 12.2 Å². The molecule has 3 heteroatoms. The van der Waals surface area contributed by atoms with Crippen molar-refractivity contribution >= 4 is 5.91 Å². The van der Waals surface area contributed by atoms with Crippen LogP contribution in [-0.2, 0) is 6.54 Å². The summed E-state index contributed by atoms with van der Waals surface area (Å²) in [6.07, 6.45) is 1.10. The summed E-state index contributed by atoms with van der Waals surface area (Å²) in [6.45, 7) is 2.66. The molecule has 0 aromatic heterocycles. The van der Waals surface area contributed by atoms with E-state index in [0.717, 1.165) is 12.0 Å². The second-order valence-electron chi connectivity index (χ2n) is 4.19. The van der Waals surface area contributed by atoms with Gasteiger partial charge in [0.25, 0.3) is 5.91 Å². The van der Waals surface area contributed by atoms with Crippen molar-refractivity contribution in [1.82, 2.24) is 5.32 Å². The molecule has 0 bridgehead atoms. The fourth-order valence-electron chi connectivity index (χ4n) is 1.57. The van der Waals surface area contributed by atoms with Gasteiger partial charge < -0.3 is 11.1 Å². The Bertz CT molecular complexity index is 358. The Hall–Kier alpha value is -1.35. The fourth-order valence-corrected chi connectivity index (χ4v) is 1.57. The molecule has 1 amide bonds. The standard InChI is InChI=1S/C12H16N2O/c1-8-6-11(8)14-12(15)10-4-2-9(7-13)3-5-10/h2-5,8,11H,6-7,13H2,1H3,(H,14,15). The Morgan fingerprint density at radius 2 is 2.07 bits per heavy atom. The molecule has 2 unspecified atom stereocenters. The molecule has 0 aliphatic heterocycles. The number of benzene rings is 1. The second-order valence-corrected chi connectivity index (χ2v) is 4.19. The third kappa shape index (κ3) is 2.36. The molecule has 15 heavy (non-hydrogen) atoms. The number of hydrogen-bond donors (Lipinski definition) is 2. The lowest BCUT2D eigenvalue weighted by atomic mass is 10.1. The molecule has 0 radical (unpaired) electrons. The van der Waals surface area contributed by atoms with Crippen molar-refractivity contribution in [3.63, 3.8) is 0 Å². The highest BCUT2D eigenvalue weighted by molar-refractivity contribution is 5.94. The molecule has 2 atom stereocenters. The van der Waals surface area contributed by atoms with Gasteiger partial charge in [-0.15, -0.1) is 0 Å². The first-order valence-corrected chi connectivity index (χ1v) is 5.30. The summed E-state index contributed by atoms with van der Waals surface area (Å²) in [4.78, 5) is 11.7. The van der Waals surface area contributed by atoms with Gasteiger partial charge in [-0.2, -0.15) is 0 Å². The smallest absolute Gasteiger partial charge is 0.251 e. The molecule has 2 rings (SSSR count). The van der Waals surface area contributed by atoms with E-state index in [9.17, 15) is 4.79 Å². The van der Waals surface area contributed by atoms with E-state index in [4.69, 9.17) is 5.73 Å². The third-order valence-corrected chi connectivity index (χ3v) is 2.88. The van der Waals surface area contributed by atoms with Crippen LogP contribution in [0, 0.1) is 5.92 Å². The van der Waals surface area contributed by atoms with Gasteiger partial charge in [0.1, 0.15) is 0 Å². The molecule has 0 heterocycles. The highest BCUT2D eigenvalue weighted by Gasteiger charge is 2.33. The number of amides is 1. The molecule has 0 spiro atoms. The summed E-state index contributed by atoms with van der Waals surface area (Å²) < 4.78 is 0. The summed E-state index contributed by atoms with van der Waals surface area (Å²) in [6, 6.07) is 7.82. The maximum Gasteiger partial charge on any atom is 0.251 e. The Kier molecular flexibility index (Phi) is 2.73. The minimum Gasteiger partial charge on any atom is -0.349 e. The van der Waals surface area contributed by atoms with E-state index in [0.29, 0.717) is 24.1 Å². The van der Waals surface area contributed by atoms with Crippen molar-refractivity contribution in [2.24, 2.45) is 11.7 Å². The molecule has 0 saturated heterocycles. The lowest BCUT2D eigenvalue weighted by Gasteiger charge is -2.04. The number of rotatable bonds is 3. The molecule has 3 N–H and O–H groups in total. The average Bonchev–Trinajstić information content (AvgIpc) is 2.94. The predicted octanol–water partition coefficient (Wildman–Crippen LogP) is 1.28. The summed E-state index contributed by atoms with van der Waals surface area (Å²) in [5, 5.41) is 2.99. The molecule has 1 aromatic carbocycles. The van der Waals surface area contributed by atoms with Gasteiger partial charge in [0.15, 0.2) is 0 Å². The Labute approximate surface area is 89.7 Å². The lowest BCUT2D eigenvalue weighted by Crippen LogP contribution is -2.26. The number of carbonyl (C=O) groups excluding carboxylic acids is 1. The second kappa shape index (κ2) is 4.03. The summed E-state index contributed by atoms with van der Waals surface area (Å²) in [7, 11) is 0. The van der Waals surface area contributed by atoms with Gasteiger partial charge in [-0.05, 0) is 30.0 Å². The van der Waals surface area contributed by atoms with Crippen molar-refractivity contribution in [3.05, 3.63) is 35.4 Å². The Morgan fingerprint density at radius 3 is 2.53 bits per heavy atom. The van der Waals surface area contributed by atoms with Crippen molar-refractivity contribution < 1.29 is 4.79 Å². The number of nitrogens with two attached hydrogens (primary N) is 1. The van der Waals surface area contributed by atoms with E-state index in [1.165, 1.54) is 0 Å². The van der Waals surface area contributed by atoms with Gasteiger partial charge in [0.05, 0.1) is 0 Å². The van der Waals surface area contributed by atoms with Crippen molar-refractivity contribution in [2.75, 3.05) is 0 Å². The third-order valence-electron chi connectivity index (χ3n) is 2.88. The van der Waals surface area contributed by atoms with Gasteiger partial charge in [-0.1, -0.05) is 19.1 Å². The Balaban J connectivity index is 1.99. The molecule has 1 aliphatic rings. The van der Waals surface area contributed by atoms with E-state index in [1.807, 2.05) is 24.3 Å². The minimum absolute atomic E-state index is 0.0212. The van der Waals surface area contributed by atoms with E-state index in [-0.39, 0.29) is 5.91 Å². The zero-order chi connectivity index (χ0) is 10.8. The first-order chi connectivity index (χ1) is 7.20. The van der Waals surface area contributed by atoms with Crippen LogP contribution in [0.3, 0.4) is 0 Å². The molecule has 1 aromatic rings. The number of hydrogen-bond acceptors (Lipinski definition) is 2. The van der Waals surface area contributed by atoms with Crippen LogP contribution in [-0.4, -0.2) is 11.9 Å². The van der Waals surface area contributed by atoms with Crippen LogP contribution < -0.4 is 11.1 Å². The first kappa shape index (κ1) is 10.2. The summed E-state index contributed by atoms with van der Waals surface area (Å²) in [5.41, 5.74) is 7.25. The van der Waals surface area contributed by atoms with E-state index < -0.39 is 0 Å². The zero-order valence-corrected chi connectivity index (χ0v) is 8.86. The average molecular weight is 204 g/mol. The molecular weight excluding hydrogens is 188 g/mol. The number of carbonyl (C=O) groups is 1. The topological polar surface area (TPSA) is 55.1 Å². The van der Waals surface area contributed by atoms with Crippen molar-refractivity contribution in [3.8, 4) is 0 Å². The van der Waals surface area contributed by atoms with Gasteiger partial charge in [0, 0.05) is 18.2 Å². The maximum atomic E-state index is 11.7. The summed E-state index contributed by atoms with van der Waals surface area (Å²) >= 11 is 0. The van der Waals surface area contributed by atoms with Gasteiger partial charge >= 0.3 is 0 Å². The normalized spacial score (nSPS) is 23.6. The van der Waals surface area contributed by atoms with Gasteiger partial charge in [-0.3, -0.25) is 4.79 Å². The van der Waals surface area contributed by atoms with Crippen LogP contribution in [0.2, 0.25) is 0 Å². The molecule has 3 nitrogen and oxygen atoms in total. The van der Waals surface area contributed by atoms with Crippen LogP contribution in [0.25, 0.3) is 0 Å². The lowest BCUT2D eigenvalue weighted by molar-refractivity contribution is 0.0949. The van der Waals surface area contributed by atoms with Crippen molar-refractivity contribution in [2.45, 2.75) is 25.9 Å². The van der Waals surface area contributed by atoms with Crippen LogP contribution in [0.4, 0.5) is 0 Å². The molecule has 1 aliphatic carbocycles. The van der Waals surface area contributed by atoms with Crippen LogP contribution in [0.15, 0.2) is 24.3 Å². The van der Waals surface area contributed by atoms with Gasteiger partial charge in [0.2, 0.25) is 0 Å². The van der Waals surface area contributed by atoms with Crippen LogP contribution in [0.5, 0.6) is 0 Å². The maximum absolute atomic E-state index is 11.7. The quantitative estimate of drug-likeness (QED) is 0.779. The molecular formula is C12H16N2O. The Morgan fingerprint density at radius 1 is 1.47 bits per heavy atom. The fraction of sp³-hybridized carbons (Fsp3) is 0.417. The molecule has 80 valence electrons. The summed E-state index contributed by atoms with van der Waals surface area (Å²) in [5.74, 6) is 0.658. The SMILES string of the molecule is CC1CC1NC(=O)c1ccc(CN)cc1. The molecule has 1 fully saturated rings. The highest BCUT2D eigenvalue weighted by Crippen LogP contribution is 2.29. The van der Waals surface area contributed by atoms with Crippen LogP contribution >= 0.6 is 0 Å². The van der Waals surface area contributed by atoms with E-state index in [1.54, 1.807) is 0 Å². The highest BCUT2D eigenvalue weighted by atomic mass is 16.1. The minimum atomic E-state index is 0.0212. The largest absolute Gasteiger partial charge is 0.349 e. The van der Waals surface area contributed by atoms with Gasteiger partial charge in [-0.25, -0.2) is 0 Å². The first-order valence-electron chi connectivity index (χ1n) is 5.30. The molecule has 1 saturated carbocycles. The van der Waals surface area contributed by atoms with Crippen LogP contribution in [0.1, 0.15) is 29.3 Å². The monoisotopic (exact) mass is 204 g/mol. The zero-order valence-electron chi connectivity index (χ0n) is 8.86. The van der Waals surface area contributed by atoms with Crippen molar-refractivity contribution in [1.29, 1.82) is 0 Å².